The molecule has 1 atom stereocenters. The molecule has 8 heteroatoms. The molecule has 3 aromatic rings. The van der Waals surface area contributed by atoms with Gasteiger partial charge in [0, 0.05) is 11.6 Å². The zero-order valence-corrected chi connectivity index (χ0v) is 16.1. The van der Waals surface area contributed by atoms with Crippen LogP contribution in [0, 0.1) is 10.1 Å². The van der Waals surface area contributed by atoms with Gasteiger partial charge in [-0.05, 0) is 17.2 Å². The molecule has 0 radical (unpaired) electrons. The van der Waals surface area contributed by atoms with Crippen LogP contribution in [0.4, 0.5) is 10.5 Å². The van der Waals surface area contributed by atoms with E-state index in [1.807, 2.05) is 6.07 Å². The summed E-state index contributed by atoms with van der Waals surface area (Å²) in [6, 6.07) is 19.7. The molecule has 4 rings (SSSR count). The average molecular weight is 415 g/mol. The van der Waals surface area contributed by atoms with Crippen LogP contribution in [-0.2, 0) is 0 Å². The number of benzene rings is 3. The fourth-order valence-corrected chi connectivity index (χ4v) is 3.50. The molecule has 0 saturated heterocycles. The van der Waals surface area contributed by atoms with E-state index in [9.17, 15) is 24.8 Å². The van der Waals surface area contributed by atoms with E-state index in [1.54, 1.807) is 54.6 Å². The number of phenols is 1. The molecule has 0 saturated carbocycles. The van der Waals surface area contributed by atoms with Gasteiger partial charge in [0.1, 0.15) is 0 Å². The molecule has 0 aliphatic carbocycles. The number of rotatable bonds is 5. The SMILES string of the molecule is O=C1NC(c2ccccc2)=C(C(=O)c2ccccc2)C(c2ccc(O)c([N+](=O)[O-])c2)N1. The molecule has 0 fully saturated rings. The monoisotopic (exact) mass is 415 g/mol. The summed E-state index contributed by atoms with van der Waals surface area (Å²) >= 11 is 0. The molecule has 1 heterocycles. The minimum Gasteiger partial charge on any atom is -0.502 e. The molecule has 0 bridgehead atoms. The van der Waals surface area contributed by atoms with Crippen LogP contribution in [0.1, 0.15) is 27.5 Å². The summed E-state index contributed by atoms with van der Waals surface area (Å²) in [6.07, 6.45) is 0. The van der Waals surface area contributed by atoms with Gasteiger partial charge in [0.2, 0.25) is 0 Å². The molecule has 1 aliphatic heterocycles. The Morgan fingerprint density at radius 1 is 0.968 bits per heavy atom. The minimum atomic E-state index is -0.962. The predicted octanol–water partition coefficient (Wildman–Crippen LogP) is 3.95. The largest absolute Gasteiger partial charge is 0.502 e. The second kappa shape index (κ2) is 8.11. The summed E-state index contributed by atoms with van der Waals surface area (Å²) in [5, 5.41) is 26.5. The van der Waals surface area contributed by atoms with Gasteiger partial charge in [0.25, 0.3) is 0 Å². The van der Waals surface area contributed by atoms with Crippen molar-refractivity contribution >= 4 is 23.2 Å². The van der Waals surface area contributed by atoms with Crippen LogP contribution in [0.15, 0.2) is 84.4 Å². The molecular formula is C23H17N3O5. The molecule has 31 heavy (non-hydrogen) atoms. The summed E-state index contributed by atoms with van der Waals surface area (Å²) in [5.74, 6) is -0.843. The molecule has 0 spiro atoms. The predicted molar refractivity (Wildman–Crippen MR) is 113 cm³/mol. The molecule has 3 aromatic carbocycles. The highest BCUT2D eigenvalue weighted by atomic mass is 16.6. The normalized spacial score (nSPS) is 15.7. The summed E-state index contributed by atoms with van der Waals surface area (Å²) < 4.78 is 0. The number of aromatic hydroxyl groups is 1. The fourth-order valence-electron chi connectivity index (χ4n) is 3.50. The summed E-state index contributed by atoms with van der Waals surface area (Å²) in [5.41, 5.74) is 1.36. The Bertz CT molecular complexity index is 1210. The van der Waals surface area contributed by atoms with Gasteiger partial charge >= 0.3 is 11.7 Å². The maximum atomic E-state index is 13.5. The van der Waals surface area contributed by atoms with Gasteiger partial charge in [0.15, 0.2) is 11.5 Å². The Kier molecular flexibility index (Phi) is 5.19. The van der Waals surface area contributed by atoms with Crippen LogP contribution in [-0.4, -0.2) is 21.8 Å². The Morgan fingerprint density at radius 2 is 1.61 bits per heavy atom. The van der Waals surface area contributed by atoms with E-state index in [0.717, 1.165) is 6.07 Å². The van der Waals surface area contributed by atoms with Gasteiger partial charge < -0.3 is 15.7 Å². The van der Waals surface area contributed by atoms with Crippen LogP contribution in [0.2, 0.25) is 0 Å². The lowest BCUT2D eigenvalue weighted by molar-refractivity contribution is -0.385. The molecular weight excluding hydrogens is 398 g/mol. The third-order valence-corrected chi connectivity index (χ3v) is 4.94. The molecule has 1 unspecified atom stereocenters. The summed E-state index contributed by atoms with van der Waals surface area (Å²) in [6.45, 7) is 0. The van der Waals surface area contributed by atoms with Crippen LogP contribution in [0.3, 0.4) is 0 Å². The smallest absolute Gasteiger partial charge is 0.320 e. The fraction of sp³-hybridized carbons (Fsp3) is 0.0435. The standard InChI is InChI=1S/C23H17N3O5/c27-18-12-11-16(13-17(18)26(30)31)21-19(22(28)15-9-5-2-6-10-15)20(24-23(29)25-21)14-7-3-1-4-8-14/h1-13,21,27H,(H2,24,25,29). The number of carbonyl (C=O) groups is 2. The van der Waals surface area contributed by atoms with Crippen molar-refractivity contribution in [3.63, 3.8) is 0 Å². The van der Waals surface area contributed by atoms with Crippen molar-refractivity contribution in [1.29, 1.82) is 0 Å². The van der Waals surface area contributed by atoms with E-state index in [2.05, 4.69) is 10.6 Å². The van der Waals surface area contributed by atoms with Crippen LogP contribution in [0.25, 0.3) is 5.70 Å². The van der Waals surface area contributed by atoms with Crippen molar-refractivity contribution in [2.75, 3.05) is 0 Å². The van der Waals surface area contributed by atoms with Gasteiger partial charge in [-0.1, -0.05) is 66.7 Å². The topological polar surface area (TPSA) is 122 Å². The first-order valence-corrected chi connectivity index (χ1v) is 9.40. The highest BCUT2D eigenvalue weighted by Gasteiger charge is 2.34. The summed E-state index contributed by atoms with van der Waals surface area (Å²) in [7, 11) is 0. The lowest BCUT2D eigenvalue weighted by Crippen LogP contribution is -2.45. The molecule has 3 N–H and O–H groups in total. The van der Waals surface area contributed by atoms with Crippen molar-refractivity contribution in [2.45, 2.75) is 6.04 Å². The van der Waals surface area contributed by atoms with Crippen molar-refractivity contribution < 1.29 is 19.6 Å². The Balaban J connectivity index is 1.94. The van der Waals surface area contributed by atoms with Crippen LogP contribution >= 0.6 is 0 Å². The van der Waals surface area contributed by atoms with Gasteiger partial charge in [0.05, 0.1) is 22.2 Å². The number of nitro groups is 1. The van der Waals surface area contributed by atoms with Crippen LogP contribution in [0.5, 0.6) is 5.75 Å². The Hall–Kier alpha value is -4.46. The van der Waals surface area contributed by atoms with E-state index >= 15 is 0 Å². The molecule has 0 aromatic heterocycles. The first-order valence-electron chi connectivity index (χ1n) is 9.40. The second-order valence-corrected chi connectivity index (χ2v) is 6.89. The van der Waals surface area contributed by atoms with E-state index in [-0.39, 0.29) is 11.4 Å². The number of hydrogen-bond donors (Lipinski definition) is 3. The Morgan fingerprint density at radius 3 is 2.26 bits per heavy atom. The number of Topliss-reactive ketones (excluding diaryl/α,β-unsaturated/α-hetero) is 1. The van der Waals surface area contributed by atoms with Crippen molar-refractivity contribution in [3.05, 3.63) is 111 Å². The van der Waals surface area contributed by atoms with Crippen LogP contribution < -0.4 is 10.6 Å². The number of nitrogens with one attached hydrogen (secondary N) is 2. The number of hydrogen-bond acceptors (Lipinski definition) is 5. The zero-order valence-electron chi connectivity index (χ0n) is 16.1. The number of carbonyl (C=O) groups excluding carboxylic acids is 2. The Labute approximate surface area is 177 Å². The van der Waals surface area contributed by atoms with E-state index in [0.29, 0.717) is 22.4 Å². The van der Waals surface area contributed by atoms with E-state index in [4.69, 9.17) is 0 Å². The number of amides is 2. The molecule has 1 aliphatic rings. The lowest BCUT2D eigenvalue weighted by atomic mass is 9.87. The first-order chi connectivity index (χ1) is 15.0. The number of nitro benzene ring substituents is 1. The number of urea groups is 1. The van der Waals surface area contributed by atoms with Gasteiger partial charge in [-0.25, -0.2) is 4.79 Å². The van der Waals surface area contributed by atoms with Crippen molar-refractivity contribution in [1.82, 2.24) is 10.6 Å². The number of nitrogens with zero attached hydrogens (tertiary/aromatic N) is 1. The number of ketones is 1. The average Bonchev–Trinajstić information content (AvgIpc) is 2.79. The van der Waals surface area contributed by atoms with Gasteiger partial charge in [-0.2, -0.15) is 0 Å². The third kappa shape index (κ3) is 3.86. The molecule has 154 valence electrons. The maximum Gasteiger partial charge on any atom is 0.320 e. The third-order valence-electron chi connectivity index (χ3n) is 4.94. The first kappa shape index (κ1) is 19.8. The van der Waals surface area contributed by atoms with Crippen molar-refractivity contribution in [3.8, 4) is 5.75 Å². The van der Waals surface area contributed by atoms with E-state index in [1.165, 1.54) is 12.1 Å². The van der Waals surface area contributed by atoms with Gasteiger partial charge in [-0.3, -0.25) is 14.9 Å². The zero-order chi connectivity index (χ0) is 22.0. The van der Waals surface area contributed by atoms with Gasteiger partial charge in [-0.15, -0.1) is 0 Å². The minimum absolute atomic E-state index is 0.233. The molecule has 2 amide bonds. The summed E-state index contributed by atoms with van der Waals surface area (Å²) in [4.78, 5) is 36.6. The molecule has 8 nitrogen and oxygen atoms in total. The number of phenolic OH excluding ortho intramolecular Hbond substituents is 1. The highest BCUT2D eigenvalue weighted by molar-refractivity contribution is 6.16. The maximum absolute atomic E-state index is 13.5. The quantitative estimate of drug-likeness (QED) is 0.331. The highest BCUT2D eigenvalue weighted by Crippen LogP contribution is 2.36. The van der Waals surface area contributed by atoms with E-state index < -0.39 is 28.4 Å². The van der Waals surface area contributed by atoms with Crippen molar-refractivity contribution in [2.24, 2.45) is 0 Å². The lowest BCUT2D eigenvalue weighted by Gasteiger charge is -2.30. The second-order valence-electron chi connectivity index (χ2n) is 6.89.